The first-order chi connectivity index (χ1) is 8.99. The topological polar surface area (TPSA) is 142 Å². The average Bonchev–Trinajstić information content (AvgIpc) is 2.79. The number of hydrogen-bond acceptors (Lipinski definition) is 6. The van der Waals surface area contributed by atoms with Gasteiger partial charge in [0.05, 0.1) is 6.20 Å². The lowest BCUT2D eigenvalue weighted by atomic mass is 10.1. The molecule has 0 aliphatic heterocycles. The van der Waals surface area contributed by atoms with Crippen LogP contribution in [0.1, 0.15) is 19.3 Å². The minimum absolute atomic E-state index is 0.0377. The highest BCUT2D eigenvalue weighted by atomic mass is 32.1. The number of anilines is 1. The molecule has 2 amide bonds. The van der Waals surface area contributed by atoms with Crippen molar-refractivity contribution in [2.45, 2.75) is 25.3 Å². The molecule has 0 spiro atoms. The molecular weight excluding hydrogens is 276 g/mol. The number of aliphatic carboxylic acids is 2. The first kappa shape index (κ1) is 14.8. The van der Waals surface area contributed by atoms with Crippen molar-refractivity contribution >= 4 is 34.5 Å². The maximum Gasteiger partial charge on any atom is 0.326 e. The number of carboxylic acids is 2. The van der Waals surface area contributed by atoms with Crippen molar-refractivity contribution in [3.63, 3.8) is 0 Å². The molecule has 19 heavy (non-hydrogen) atoms. The third-order valence-corrected chi connectivity index (χ3v) is 2.66. The van der Waals surface area contributed by atoms with Gasteiger partial charge < -0.3 is 15.5 Å². The van der Waals surface area contributed by atoms with E-state index in [1.807, 2.05) is 0 Å². The van der Waals surface area contributed by atoms with Crippen molar-refractivity contribution < 1.29 is 24.6 Å². The fourth-order valence-electron chi connectivity index (χ4n) is 1.24. The normalized spacial score (nSPS) is 11.6. The van der Waals surface area contributed by atoms with Gasteiger partial charge in [-0.1, -0.05) is 4.49 Å². The van der Waals surface area contributed by atoms with Crippen LogP contribution in [0.2, 0.25) is 0 Å². The molecule has 0 aromatic carbocycles. The minimum atomic E-state index is -1.22. The fraction of sp³-hybridized carbons (Fsp3) is 0.444. The third-order valence-electron chi connectivity index (χ3n) is 2.08. The lowest BCUT2D eigenvalue weighted by Crippen LogP contribution is -2.42. The minimum Gasteiger partial charge on any atom is -0.481 e. The van der Waals surface area contributed by atoms with Crippen LogP contribution in [0.15, 0.2) is 6.20 Å². The van der Waals surface area contributed by atoms with Gasteiger partial charge in [0.25, 0.3) is 0 Å². The number of carbonyl (C=O) groups is 3. The molecule has 0 saturated heterocycles. The number of amides is 2. The number of carbonyl (C=O) groups excluding carboxylic acids is 1. The third kappa shape index (κ3) is 5.77. The SMILES string of the molecule is O=C(O)CCC[C@@H](NC(=O)Nc1cnns1)C(=O)O. The van der Waals surface area contributed by atoms with E-state index in [4.69, 9.17) is 10.2 Å². The fourth-order valence-corrected chi connectivity index (χ4v) is 1.66. The lowest BCUT2D eigenvalue weighted by molar-refractivity contribution is -0.140. The predicted molar refractivity (Wildman–Crippen MR) is 65.0 cm³/mol. The van der Waals surface area contributed by atoms with Gasteiger partial charge in [-0.25, -0.2) is 9.59 Å². The molecule has 4 N–H and O–H groups in total. The molecule has 10 heteroatoms. The summed E-state index contributed by atoms with van der Waals surface area (Å²) in [5.74, 6) is -2.23. The standard InChI is InChI=1S/C9H12N4O5S/c14-7(15)3-1-2-5(8(16)17)11-9(18)12-6-4-10-13-19-6/h4-5H,1-3H2,(H,14,15)(H,16,17)(H2,11,12,18)/t5-/m1/s1. The summed E-state index contributed by atoms with van der Waals surface area (Å²) in [4.78, 5) is 32.7. The molecule has 0 fully saturated rings. The number of aromatic nitrogens is 2. The van der Waals surface area contributed by atoms with E-state index < -0.39 is 24.0 Å². The van der Waals surface area contributed by atoms with Crippen molar-refractivity contribution in [3.05, 3.63) is 6.20 Å². The number of nitrogens with one attached hydrogen (secondary N) is 2. The molecule has 0 aliphatic rings. The van der Waals surface area contributed by atoms with Gasteiger partial charge in [0.2, 0.25) is 0 Å². The molecular formula is C9H12N4O5S. The summed E-state index contributed by atoms with van der Waals surface area (Å²) >= 11 is 0.950. The molecule has 0 saturated carbocycles. The van der Waals surface area contributed by atoms with Crippen molar-refractivity contribution in [2.24, 2.45) is 0 Å². The van der Waals surface area contributed by atoms with Crippen LogP contribution >= 0.6 is 11.5 Å². The van der Waals surface area contributed by atoms with Crippen LogP contribution in [-0.2, 0) is 9.59 Å². The molecule has 104 valence electrons. The van der Waals surface area contributed by atoms with E-state index in [0.29, 0.717) is 5.00 Å². The number of urea groups is 1. The van der Waals surface area contributed by atoms with E-state index in [9.17, 15) is 14.4 Å². The summed E-state index contributed by atoms with van der Waals surface area (Å²) in [6.07, 6.45) is 1.38. The Balaban J connectivity index is 2.42. The zero-order valence-corrected chi connectivity index (χ0v) is 10.5. The van der Waals surface area contributed by atoms with Gasteiger partial charge in [-0.15, -0.1) is 5.10 Å². The number of nitrogens with zero attached hydrogens (tertiary/aromatic N) is 2. The molecule has 1 atom stereocenters. The van der Waals surface area contributed by atoms with Gasteiger partial charge >= 0.3 is 18.0 Å². The molecule has 1 aromatic heterocycles. The summed E-state index contributed by atoms with van der Waals surface area (Å²) in [5, 5.41) is 25.9. The summed E-state index contributed by atoms with van der Waals surface area (Å²) in [5.41, 5.74) is 0. The largest absolute Gasteiger partial charge is 0.481 e. The summed E-state index contributed by atoms with van der Waals surface area (Å²) < 4.78 is 3.53. The Morgan fingerprint density at radius 3 is 2.63 bits per heavy atom. The first-order valence-electron chi connectivity index (χ1n) is 5.28. The smallest absolute Gasteiger partial charge is 0.326 e. The van der Waals surface area contributed by atoms with Crippen LogP contribution in [0.25, 0.3) is 0 Å². The second-order valence-corrected chi connectivity index (χ2v) is 4.34. The molecule has 1 heterocycles. The number of rotatable bonds is 7. The van der Waals surface area contributed by atoms with E-state index >= 15 is 0 Å². The Labute approximate surface area is 111 Å². The molecule has 0 radical (unpaired) electrons. The van der Waals surface area contributed by atoms with Gasteiger partial charge in [0.1, 0.15) is 11.0 Å². The van der Waals surface area contributed by atoms with Crippen molar-refractivity contribution in [1.29, 1.82) is 0 Å². The van der Waals surface area contributed by atoms with Crippen LogP contribution in [0, 0.1) is 0 Å². The highest BCUT2D eigenvalue weighted by Gasteiger charge is 2.20. The van der Waals surface area contributed by atoms with E-state index in [2.05, 4.69) is 20.2 Å². The highest BCUT2D eigenvalue weighted by molar-refractivity contribution is 7.10. The first-order valence-corrected chi connectivity index (χ1v) is 6.06. The maximum absolute atomic E-state index is 11.5. The molecule has 0 unspecified atom stereocenters. The van der Waals surface area contributed by atoms with E-state index in [0.717, 1.165) is 11.5 Å². The Morgan fingerprint density at radius 1 is 1.37 bits per heavy atom. The zero-order chi connectivity index (χ0) is 14.3. The Bertz CT molecular complexity index is 449. The number of carboxylic acid groups (broad SMARTS) is 2. The van der Waals surface area contributed by atoms with Gasteiger partial charge in [0.15, 0.2) is 0 Å². The second kappa shape index (κ2) is 7.26. The average molecular weight is 288 g/mol. The molecule has 1 aromatic rings. The Hall–Kier alpha value is -2.23. The second-order valence-electron chi connectivity index (χ2n) is 3.56. The van der Waals surface area contributed by atoms with Crippen LogP contribution in [0.4, 0.5) is 9.80 Å². The highest BCUT2D eigenvalue weighted by Crippen LogP contribution is 2.09. The van der Waals surface area contributed by atoms with Crippen LogP contribution in [-0.4, -0.2) is 43.8 Å². The van der Waals surface area contributed by atoms with Crippen LogP contribution in [0.3, 0.4) is 0 Å². The Morgan fingerprint density at radius 2 is 2.11 bits per heavy atom. The van der Waals surface area contributed by atoms with Crippen LogP contribution < -0.4 is 10.6 Å². The predicted octanol–water partition coefficient (Wildman–Crippen LogP) is 0.368. The zero-order valence-electron chi connectivity index (χ0n) is 9.70. The quantitative estimate of drug-likeness (QED) is 0.567. The summed E-state index contributed by atoms with van der Waals surface area (Å²) in [6.45, 7) is 0. The monoisotopic (exact) mass is 288 g/mol. The number of hydrogen-bond donors (Lipinski definition) is 4. The molecule has 9 nitrogen and oxygen atoms in total. The van der Waals surface area contributed by atoms with Crippen molar-refractivity contribution in [3.8, 4) is 0 Å². The molecule has 1 rings (SSSR count). The summed E-state index contributed by atoms with van der Waals surface area (Å²) in [7, 11) is 0. The van der Waals surface area contributed by atoms with Gasteiger partial charge in [-0.2, -0.15) is 0 Å². The van der Waals surface area contributed by atoms with Crippen molar-refractivity contribution in [2.75, 3.05) is 5.32 Å². The Kier molecular flexibility index (Phi) is 5.67. The van der Waals surface area contributed by atoms with E-state index in [-0.39, 0.29) is 19.3 Å². The van der Waals surface area contributed by atoms with Gasteiger partial charge in [-0.05, 0) is 12.8 Å². The van der Waals surface area contributed by atoms with E-state index in [1.54, 1.807) is 0 Å². The molecule has 0 bridgehead atoms. The maximum atomic E-state index is 11.5. The lowest BCUT2D eigenvalue weighted by Gasteiger charge is -2.13. The van der Waals surface area contributed by atoms with Gasteiger partial charge in [-0.3, -0.25) is 10.1 Å². The van der Waals surface area contributed by atoms with Crippen molar-refractivity contribution in [1.82, 2.24) is 14.9 Å². The van der Waals surface area contributed by atoms with Crippen LogP contribution in [0.5, 0.6) is 0 Å². The van der Waals surface area contributed by atoms with E-state index in [1.165, 1.54) is 6.20 Å². The van der Waals surface area contributed by atoms with Gasteiger partial charge in [0, 0.05) is 18.0 Å². The summed E-state index contributed by atoms with van der Waals surface area (Å²) in [6, 6.07) is -1.84. The molecule has 0 aliphatic carbocycles.